The van der Waals surface area contributed by atoms with E-state index < -0.39 is 33.9 Å². The SMILES string of the molecule is CC(C(=O)O)n1ccc(-c2ccc3c(c2)N(S(=O)(=O)c2ccc(C(C)(C)C)cc2)Cc2ccc(C(F)(F)F)nc2N3)n1. The molecule has 0 radical (unpaired) electrons. The van der Waals surface area contributed by atoms with Gasteiger partial charge in [0.25, 0.3) is 10.0 Å². The number of fused-ring (bicyclic) bond motifs is 2. The molecule has 0 amide bonds. The molecule has 9 nitrogen and oxygen atoms in total. The van der Waals surface area contributed by atoms with E-state index in [1.165, 1.54) is 42.1 Å². The highest BCUT2D eigenvalue weighted by Gasteiger charge is 2.36. The monoisotopic (exact) mass is 599 g/mol. The molecule has 13 heteroatoms. The lowest BCUT2D eigenvalue weighted by Crippen LogP contribution is -2.30. The molecule has 2 aromatic heterocycles. The lowest BCUT2D eigenvalue weighted by Gasteiger charge is -2.25. The Balaban J connectivity index is 1.65. The topological polar surface area (TPSA) is 117 Å². The molecule has 5 rings (SSSR count). The molecule has 1 aliphatic heterocycles. The molecule has 0 fully saturated rings. The number of carbonyl (C=O) groups is 1. The summed E-state index contributed by atoms with van der Waals surface area (Å²) in [6.07, 6.45) is -3.19. The maximum absolute atomic E-state index is 14.1. The molecular formula is C29H28F3N5O4S. The summed E-state index contributed by atoms with van der Waals surface area (Å²) in [5.41, 5.74) is 1.11. The van der Waals surface area contributed by atoms with Crippen LogP contribution in [-0.2, 0) is 33.0 Å². The molecule has 2 N–H and O–H groups in total. The van der Waals surface area contributed by atoms with Gasteiger partial charge in [-0.15, -0.1) is 0 Å². The number of sulfonamides is 1. The van der Waals surface area contributed by atoms with Gasteiger partial charge in [-0.2, -0.15) is 18.3 Å². The van der Waals surface area contributed by atoms with Gasteiger partial charge < -0.3 is 10.4 Å². The molecule has 220 valence electrons. The second kappa shape index (κ2) is 10.2. The van der Waals surface area contributed by atoms with Gasteiger partial charge in [-0.05, 0) is 54.3 Å². The summed E-state index contributed by atoms with van der Waals surface area (Å²) >= 11 is 0. The van der Waals surface area contributed by atoms with Crippen molar-refractivity contribution in [1.29, 1.82) is 0 Å². The molecule has 2 aromatic carbocycles. The lowest BCUT2D eigenvalue weighted by molar-refractivity contribution is -0.141. The number of aliphatic carboxylic acids is 1. The Morgan fingerprint density at radius 1 is 1.02 bits per heavy atom. The van der Waals surface area contributed by atoms with E-state index in [0.29, 0.717) is 11.3 Å². The minimum absolute atomic E-state index is 0.00901. The number of hydrogen-bond donors (Lipinski definition) is 2. The number of aromatic nitrogens is 3. The lowest BCUT2D eigenvalue weighted by atomic mass is 9.87. The van der Waals surface area contributed by atoms with Crippen LogP contribution in [0.15, 0.2) is 71.8 Å². The van der Waals surface area contributed by atoms with Crippen LogP contribution in [0.1, 0.15) is 50.6 Å². The summed E-state index contributed by atoms with van der Waals surface area (Å²) in [6.45, 7) is 7.20. The Hall–Kier alpha value is -4.39. The van der Waals surface area contributed by atoms with Crippen LogP contribution in [0.5, 0.6) is 0 Å². The molecule has 1 atom stereocenters. The molecule has 0 saturated heterocycles. The third-order valence-corrected chi connectivity index (χ3v) is 8.84. The number of anilines is 3. The number of alkyl halides is 3. The van der Waals surface area contributed by atoms with Gasteiger partial charge in [0.15, 0.2) is 0 Å². The molecular weight excluding hydrogens is 571 g/mol. The standard InChI is InChI=1S/C29H28F3N5O4S/c1-17(27(38)39)36-14-13-22(35-36)18-5-11-23-24(15-18)37(16-19-6-12-25(29(30,31)32)34-26(19)33-23)42(40,41)21-9-7-20(8-10-21)28(2,3)4/h5-15,17H,16H2,1-4H3,(H,33,34)(H,38,39). The van der Waals surface area contributed by atoms with Gasteiger partial charge in [0.2, 0.25) is 0 Å². The van der Waals surface area contributed by atoms with Gasteiger partial charge in [0.1, 0.15) is 17.6 Å². The summed E-state index contributed by atoms with van der Waals surface area (Å²) in [7, 11) is -4.22. The summed E-state index contributed by atoms with van der Waals surface area (Å²) in [5.74, 6) is -1.19. The molecule has 1 unspecified atom stereocenters. The van der Waals surface area contributed by atoms with Crippen molar-refractivity contribution in [3.05, 3.63) is 83.7 Å². The van der Waals surface area contributed by atoms with E-state index in [-0.39, 0.29) is 39.6 Å². The number of carboxylic acid groups (broad SMARTS) is 1. The zero-order valence-electron chi connectivity index (χ0n) is 23.1. The largest absolute Gasteiger partial charge is 0.480 e. The normalized spacial score (nSPS) is 14.4. The number of carboxylic acids is 1. The number of pyridine rings is 1. The predicted octanol–water partition coefficient (Wildman–Crippen LogP) is 6.36. The van der Waals surface area contributed by atoms with E-state index in [0.717, 1.165) is 15.9 Å². The molecule has 3 heterocycles. The Kier molecular flexibility index (Phi) is 7.04. The van der Waals surface area contributed by atoms with Crippen molar-refractivity contribution in [3.63, 3.8) is 0 Å². The number of nitrogens with zero attached hydrogens (tertiary/aromatic N) is 4. The maximum atomic E-state index is 14.1. The third kappa shape index (κ3) is 5.43. The smallest absolute Gasteiger partial charge is 0.433 e. The highest BCUT2D eigenvalue weighted by molar-refractivity contribution is 7.92. The average Bonchev–Trinajstić information content (AvgIpc) is 3.34. The fraction of sp³-hybridized carbons (Fsp3) is 0.276. The van der Waals surface area contributed by atoms with E-state index in [9.17, 15) is 31.5 Å². The second-order valence-corrected chi connectivity index (χ2v) is 12.9. The van der Waals surface area contributed by atoms with Crippen LogP contribution in [0.25, 0.3) is 11.3 Å². The van der Waals surface area contributed by atoms with Crippen molar-refractivity contribution < 1.29 is 31.5 Å². The van der Waals surface area contributed by atoms with Crippen molar-refractivity contribution in [2.45, 2.75) is 56.8 Å². The minimum Gasteiger partial charge on any atom is -0.480 e. The molecule has 0 saturated carbocycles. The van der Waals surface area contributed by atoms with Crippen molar-refractivity contribution in [2.75, 3.05) is 9.62 Å². The van der Waals surface area contributed by atoms with Gasteiger partial charge in [0, 0.05) is 17.3 Å². The van der Waals surface area contributed by atoms with E-state index in [4.69, 9.17) is 0 Å². The molecule has 42 heavy (non-hydrogen) atoms. The Morgan fingerprint density at radius 2 is 1.71 bits per heavy atom. The van der Waals surface area contributed by atoms with Crippen LogP contribution in [-0.4, -0.2) is 34.3 Å². The fourth-order valence-electron chi connectivity index (χ4n) is 4.54. The number of hydrogen-bond acceptors (Lipinski definition) is 6. The number of rotatable bonds is 5. The van der Waals surface area contributed by atoms with Crippen molar-refractivity contribution in [1.82, 2.24) is 14.8 Å². The first-order valence-corrected chi connectivity index (χ1v) is 14.4. The Morgan fingerprint density at radius 3 is 2.33 bits per heavy atom. The Bertz CT molecular complexity index is 1780. The zero-order valence-corrected chi connectivity index (χ0v) is 24.0. The van der Waals surface area contributed by atoms with Crippen LogP contribution in [0.4, 0.5) is 30.4 Å². The van der Waals surface area contributed by atoms with Crippen LogP contribution >= 0.6 is 0 Å². The van der Waals surface area contributed by atoms with E-state index in [1.807, 2.05) is 20.8 Å². The average molecular weight is 600 g/mol. The van der Waals surface area contributed by atoms with Crippen LogP contribution in [0, 0.1) is 0 Å². The van der Waals surface area contributed by atoms with Crippen LogP contribution < -0.4 is 9.62 Å². The van der Waals surface area contributed by atoms with Gasteiger partial charge >= 0.3 is 12.1 Å². The number of nitrogens with one attached hydrogen (secondary N) is 1. The van der Waals surface area contributed by atoms with Crippen molar-refractivity contribution >= 4 is 33.2 Å². The molecule has 0 aliphatic carbocycles. The first kappa shape index (κ1) is 29.1. The summed E-state index contributed by atoms with van der Waals surface area (Å²) in [5, 5.41) is 16.6. The van der Waals surface area contributed by atoms with Gasteiger partial charge in [0.05, 0.1) is 28.5 Å². The minimum atomic E-state index is -4.69. The highest BCUT2D eigenvalue weighted by atomic mass is 32.2. The first-order valence-electron chi connectivity index (χ1n) is 13.0. The molecule has 1 aliphatic rings. The number of halogens is 3. The van der Waals surface area contributed by atoms with E-state index >= 15 is 0 Å². The Labute approximate surface area is 240 Å². The summed E-state index contributed by atoms with van der Waals surface area (Å²) < 4.78 is 71.1. The van der Waals surface area contributed by atoms with Crippen molar-refractivity contribution in [2.24, 2.45) is 0 Å². The molecule has 4 aromatic rings. The van der Waals surface area contributed by atoms with E-state index in [2.05, 4.69) is 15.4 Å². The fourth-order valence-corrected chi connectivity index (χ4v) is 6.00. The molecule has 0 bridgehead atoms. The van der Waals surface area contributed by atoms with Gasteiger partial charge in [-0.25, -0.2) is 18.2 Å². The first-order chi connectivity index (χ1) is 19.6. The molecule has 0 spiro atoms. The van der Waals surface area contributed by atoms with E-state index in [1.54, 1.807) is 30.3 Å². The highest BCUT2D eigenvalue weighted by Crippen LogP contribution is 2.41. The third-order valence-electron chi connectivity index (χ3n) is 7.07. The number of benzene rings is 2. The van der Waals surface area contributed by atoms with Crippen LogP contribution in [0.2, 0.25) is 0 Å². The van der Waals surface area contributed by atoms with Crippen molar-refractivity contribution in [3.8, 4) is 11.3 Å². The predicted molar refractivity (Wildman–Crippen MR) is 151 cm³/mol. The summed E-state index contributed by atoms with van der Waals surface area (Å²) in [4.78, 5) is 15.2. The maximum Gasteiger partial charge on any atom is 0.433 e. The zero-order chi connectivity index (χ0) is 30.6. The second-order valence-electron chi connectivity index (χ2n) is 11.0. The van der Waals surface area contributed by atoms with Gasteiger partial charge in [-0.3, -0.25) is 8.99 Å². The van der Waals surface area contributed by atoms with Gasteiger partial charge in [-0.1, -0.05) is 45.0 Å². The summed E-state index contributed by atoms with van der Waals surface area (Å²) in [6, 6.07) is 13.9. The van der Waals surface area contributed by atoms with Crippen LogP contribution in [0.3, 0.4) is 0 Å². The quantitative estimate of drug-likeness (QED) is 0.274.